The van der Waals surface area contributed by atoms with Gasteiger partial charge in [0, 0.05) is 12.0 Å². The van der Waals surface area contributed by atoms with E-state index in [1.807, 2.05) is 0 Å². The standard InChI is InChI=1S/C12H10O4/c13-10(9-5-2-1-3-6-9)7-4-8-11(14)12(15)16/h1-6,8H,7H2,(H,15,16)/b8-4+. The van der Waals surface area contributed by atoms with Crippen molar-refractivity contribution in [3.63, 3.8) is 0 Å². The molecule has 0 aliphatic carbocycles. The molecule has 0 aliphatic heterocycles. The molecular formula is C12H10O4. The first-order valence-corrected chi connectivity index (χ1v) is 4.63. The van der Waals surface area contributed by atoms with E-state index in [0.717, 1.165) is 6.08 Å². The third-order valence-corrected chi connectivity index (χ3v) is 1.88. The van der Waals surface area contributed by atoms with Crippen molar-refractivity contribution >= 4 is 17.5 Å². The van der Waals surface area contributed by atoms with Gasteiger partial charge in [-0.2, -0.15) is 0 Å². The summed E-state index contributed by atoms with van der Waals surface area (Å²) in [5.41, 5.74) is 0.537. The van der Waals surface area contributed by atoms with Gasteiger partial charge in [0.05, 0.1) is 0 Å². The number of benzene rings is 1. The summed E-state index contributed by atoms with van der Waals surface area (Å²) in [5.74, 6) is -2.71. The van der Waals surface area contributed by atoms with Crippen molar-refractivity contribution < 1.29 is 19.5 Å². The number of aliphatic carboxylic acids is 1. The number of carbonyl (C=O) groups is 3. The smallest absolute Gasteiger partial charge is 0.376 e. The minimum atomic E-state index is -1.52. The molecule has 0 aliphatic rings. The number of ketones is 2. The molecule has 0 unspecified atom stereocenters. The number of rotatable bonds is 5. The van der Waals surface area contributed by atoms with Crippen molar-refractivity contribution in [2.45, 2.75) is 6.42 Å². The monoisotopic (exact) mass is 218 g/mol. The van der Waals surface area contributed by atoms with Crippen LogP contribution in [0.5, 0.6) is 0 Å². The lowest BCUT2D eigenvalue weighted by atomic mass is 10.1. The summed E-state index contributed by atoms with van der Waals surface area (Å²) in [7, 11) is 0. The van der Waals surface area contributed by atoms with Crippen LogP contribution in [0.15, 0.2) is 42.5 Å². The molecule has 0 radical (unpaired) electrons. The molecule has 0 fully saturated rings. The van der Waals surface area contributed by atoms with Crippen LogP contribution in [0.1, 0.15) is 16.8 Å². The first kappa shape index (κ1) is 11.8. The second kappa shape index (κ2) is 5.60. The molecular weight excluding hydrogens is 208 g/mol. The Kier molecular flexibility index (Phi) is 4.15. The van der Waals surface area contributed by atoms with Crippen molar-refractivity contribution in [2.75, 3.05) is 0 Å². The predicted octanol–water partition coefficient (Wildman–Crippen LogP) is 1.47. The number of hydrogen-bond donors (Lipinski definition) is 1. The fourth-order valence-corrected chi connectivity index (χ4v) is 1.09. The van der Waals surface area contributed by atoms with Crippen LogP contribution in [0.3, 0.4) is 0 Å². The normalized spacial score (nSPS) is 10.2. The molecule has 0 bridgehead atoms. The van der Waals surface area contributed by atoms with Crippen molar-refractivity contribution in [3.05, 3.63) is 48.0 Å². The summed E-state index contributed by atoms with van der Waals surface area (Å²) in [6.45, 7) is 0. The zero-order chi connectivity index (χ0) is 12.0. The van der Waals surface area contributed by atoms with Crippen LogP contribution < -0.4 is 0 Å². The van der Waals surface area contributed by atoms with E-state index >= 15 is 0 Å². The Labute approximate surface area is 92.2 Å². The molecule has 4 heteroatoms. The number of carboxylic acids is 1. The fraction of sp³-hybridized carbons (Fsp3) is 0.0833. The molecule has 1 N–H and O–H groups in total. The molecule has 0 saturated carbocycles. The maximum absolute atomic E-state index is 11.5. The average Bonchev–Trinajstić information content (AvgIpc) is 2.29. The molecule has 82 valence electrons. The van der Waals surface area contributed by atoms with Crippen LogP contribution in [-0.2, 0) is 9.59 Å². The van der Waals surface area contributed by atoms with Crippen molar-refractivity contribution in [3.8, 4) is 0 Å². The molecule has 0 aromatic heterocycles. The fourth-order valence-electron chi connectivity index (χ4n) is 1.09. The van der Waals surface area contributed by atoms with Gasteiger partial charge in [-0.1, -0.05) is 36.4 Å². The van der Waals surface area contributed by atoms with E-state index in [0.29, 0.717) is 5.56 Å². The SMILES string of the molecule is O=C(O)C(=O)/C=C/CC(=O)c1ccccc1. The Morgan fingerprint density at radius 1 is 1.12 bits per heavy atom. The van der Waals surface area contributed by atoms with Crippen molar-refractivity contribution in [2.24, 2.45) is 0 Å². The Bertz CT molecular complexity index is 432. The molecule has 1 aromatic carbocycles. The van der Waals surface area contributed by atoms with Crippen LogP contribution in [0.4, 0.5) is 0 Å². The Balaban J connectivity index is 2.54. The second-order valence-electron chi connectivity index (χ2n) is 3.07. The summed E-state index contributed by atoms with van der Waals surface area (Å²) in [4.78, 5) is 32.3. The summed E-state index contributed by atoms with van der Waals surface area (Å²) in [5, 5.41) is 8.28. The van der Waals surface area contributed by atoms with Gasteiger partial charge in [-0.15, -0.1) is 0 Å². The molecule has 0 heterocycles. The molecule has 4 nitrogen and oxygen atoms in total. The summed E-state index contributed by atoms with van der Waals surface area (Å²) in [6, 6.07) is 8.59. The van der Waals surface area contributed by atoms with Crippen molar-refractivity contribution in [1.82, 2.24) is 0 Å². The number of carboxylic acid groups (broad SMARTS) is 1. The molecule has 0 amide bonds. The highest BCUT2D eigenvalue weighted by Crippen LogP contribution is 2.03. The highest BCUT2D eigenvalue weighted by molar-refractivity contribution is 6.37. The van der Waals surface area contributed by atoms with Gasteiger partial charge >= 0.3 is 5.97 Å². The second-order valence-corrected chi connectivity index (χ2v) is 3.07. The lowest BCUT2D eigenvalue weighted by molar-refractivity contribution is -0.146. The van der Waals surface area contributed by atoms with Gasteiger partial charge in [-0.3, -0.25) is 9.59 Å². The van der Waals surface area contributed by atoms with Gasteiger partial charge in [0.2, 0.25) is 0 Å². The quantitative estimate of drug-likeness (QED) is 0.461. The number of carbonyl (C=O) groups excluding carboxylic acids is 2. The Morgan fingerprint density at radius 2 is 1.75 bits per heavy atom. The van der Waals surface area contributed by atoms with Gasteiger partial charge in [0.15, 0.2) is 5.78 Å². The highest BCUT2D eigenvalue weighted by Gasteiger charge is 2.06. The van der Waals surface area contributed by atoms with E-state index in [2.05, 4.69) is 0 Å². The highest BCUT2D eigenvalue weighted by atomic mass is 16.4. The van der Waals surface area contributed by atoms with E-state index in [1.54, 1.807) is 30.3 Å². The molecule has 1 rings (SSSR count). The first-order valence-electron chi connectivity index (χ1n) is 4.63. The third kappa shape index (κ3) is 3.49. The van der Waals surface area contributed by atoms with Gasteiger partial charge in [0.25, 0.3) is 5.78 Å². The zero-order valence-electron chi connectivity index (χ0n) is 8.42. The lowest BCUT2D eigenvalue weighted by Crippen LogP contribution is -2.08. The first-order chi connectivity index (χ1) is 7.61. The largest absolute Gasteiger partial charge is 0.475 e. The lowest BCUT2D eigenvalue weighted by Gasteiger charge is -1.95. The van der Waals surface area contributed by atoms with E-state index in [-0.39, 0.29) is 12.2 Å². The van der Waals surface area contributed by atoms with E-state index in [1.165, 1.54) is 6.08 Å². The number of hydrogen-bond acceptors (Lipinski definition) is 3. The van der Waals surface area contributed by atoms with E-state index in [9.17, 15) is 14.4 Å². The van der Waals surface area contributed by atoms with Crippen LogP contribution >= 0.6 is 0 Å². The number of Topliss-reactive ketones (excluding diaryl/α,β-unsaturated/α-hetero) is 1. The van der Waals surface area contributed by atoms with E-state index in [4.69, 9.17) is 5.11 Å². The average molecular weight is 218 g/mol. The summed E-state index contributed by atoms with van der Waals surface area (Å²) >= 11 is 0. The molecule has 0 spiro atoms. The third-order valence-electron chi connectivity index (χ3n) is 1.88. The zero-order valence-corrected chi connectivity index (χ0v) is 8.42. The minimum absolute atomic E-state index is 0.0169. The Hall–Kier alpha value is -2.23. The molecule has 1 aromatic rings. The van der Waals surface area contributed by atoms with Crippen LogP contribution in [0, 0.1) is 0 Å². The van der Waals surface area contributed by atoms with Crippen LogP contribution in [0.25, 0.3) is 0 Å². The van der Waals surface area contributed by atoms with Crippen LogP contribution in [0.2, 0.25) is 0 Å². The maximum atomic E-state index is 11.5. The van der Waals surface area contributed by atoms with Gasteiger partial charge in [0.1, 0.15) is 0 Å². The van der Waals surface area contributed by atoms with Gasteiger partial charge in [-0.25, -0.2) is 4.79 Å². The summed E-state index contributed by atoms with van der Waals surface area (Å²) in [6.07, 6.45) is 2.16. The van der Waals surface area contributed by atoms with Gasteiger partial charge in [-0.05, 0) is 6.08 Å². The predicted molar refractivity (Wildman–Crippen MR) is 57.2 cm³/mol. The topological polar surface area (TPSA) is 71.4 Å². The van der Waals surface area contributed by atoms with Crippen LogP contribution in [-0.4, -0.2) is 22.6 Å². The molecule has 16 heavy (non-hydrogen) atoms. The number of allylic oxidation sites excluding steroid dienone is 1. The maximum Gasteiger partial charge on any atom is 0.376 e. The van der Waals surface area contributed by atoms with Gasteiger partial charge < -0.3 is 5.11 Å². The van der Waals surface area contributed by atoms with Crippen molar-refractivity contribution in [1.29, 1.82) is 0 Å². The molecule has 0 saturated heterocycles. The molecule has 0 atom stereocenters. The Morgan fingerprint density at radius 3 is 2.31 bits per heavy atom. The van der Waals surface area contributed by atoms with E-state index < -0.39 is 11.8 Å². The summed E-state index contributed by atoms with van der Waals surface area (Å²) < 4.78 is 0. The minimum Gasteiger partial charge on any atom is -0.475 e.